The number of aliphatic hydroxyl groups is 1. The fourth-order valence-corrected chi connectivity index (χ4v) is 1.09. The van der Waals surface area contributed by atoms with Crippen molar-refractivity contribution in [1.82, 2.24) is 0 Å². The Labute approximate surface area is 72.5 Å². The SMILES string of the molecule is CC(O)CCc1ccccc1O. The third-order valence-electron chi connectivity index (χ3n) is 1.82. The fraction of sp³-hybridized carbons (Fsp3) is 0.400. The molecule has 2 heteroatoms. The van der Waals surface area contributed by atoms with Gasteiger partial charge in [0.2, 0.25) is 0 Å². The highest BCUT2D eigenvalue weighted by Crippen LogP contribution is 2.17. The zero-order chi connectivity index (χ0) is 8.97. The van der Waals surface area contributed by atoms with Crippen LogP contribution in [0.3, 0.4) is 0 Å². The topological polar surface area (TPSA) is 40.5 Å². The van der Waals surface area contributed by atoms with E-state index in [1.165, 1.54) is 0 Å². The molecular formula is C10H14O2. The van der Waals surface area contributed by atoms with Crippen molar-refractivity contribution in [3.8, 4) is 5.75 Å². The van der Waals surface area contributed by atoms with E-state index in [1.54, 1.807) is 19.1 Å². The highest BCUT2D eigenvalue weighted by Gasteiger charge is 2.01. The minimum absolute atomic E-state index is 0.301. The molecule has 0 aliphatic carbocycles. The summed E-state index contributed by atoms with van der Waals surface area (Å²) in [5, 5.41) is 18.4. The van der Waals surface area contributed by atoms with Gasteiger partial charge in [0.05, 0.1) is 6.10 Å². The lowest BCUT2D eigenvalue weighted by atomic mass is 10.1. The number of hydrogen-bond donors (Lipinski definition) is 2. The number of benzene rings is 1. The summed E-state index contributed by atoms with van der Waals surface area (Å²) >= 11 is 0. The summed E-state index contributed by atoms with van der Waals surface area (Å²) in [5.74, 6) is 0.318. The van der Waals surface area contributed by atoms with Gasteiger partial charge in [0, 0.05) is 0 Å². The van der Waals surface area contributed by atoms with Crippen LogP contribution in [0.4, 0.5) is 0 Å². The van der Waals surface area contributed by atoms with Gasteiger partial charge in [-0.1, -0.05) is 18.2 Å². The second-order valence-electron chi connectivity index (χ2n) is 3.02. The number of phenols is 1. The summed E-state index contributed by atoms with van der Waals surface area (Å²) in [5.41, 5.74) is 0.901. The molecule has 1 unspecified atom stereocenters. The van der Waals surface area contributed by atoms with Crippen molar-refractivity contribution in [2.75, 3.05) is 0 Å². The predicted octanol–water partition coefficient (Wildman–Crippen LogP) is 1.71. The van der Waals surface area contributed by atoms with Crippen molar-refractivity contribution in [2.45, 2.75) is 25.9 Å². The molecule has 0 spiro atoms. The first-order valence-electron chi connectivity index (χ1n) is 4.15. The number of rotatable bonds is 3. The van der Waals surface area contributed by atoms with E-state index in [1.807, 2.05) is 12.1 Å². The molecule has 0 aliphatic rings. The lowest BCUT2D eigenvalue weighted by Crippen LogP contribution is -2.01. The highest BCUT2D eigenvalue weighted by molar-refractivity contribution is 5.31. The molecule has 2 nitrogen and oxygen atoms in total. The van der Waals surface area contributed by atoms with Gasteiger partial charge in [-0.2, -0.15) is 0 Å². The molecule has 66 valence electrons. The lowest BCUT2D eigenvalue weighted by molar-refractivity contribution is 0.184. The largest absolute Gasteiger partial charge is 0.508 e. The smallest absolute Gasteiger partial charge is 0.118 e. The monoisotopic (exact) mass is 166 g/mol. The molecule has 1 aromatic carbocycles. The van der Waals surface area contributed by atoms with E-state index in [0.717, 1.165) is 12.0 Å². The molecule has 0 aromatic heterocycles. The van der Waals surface area contributed by atoms with E-state index in [2.05, 4.69) is 0 Å². The Morgan fingerprint density at radius 2 is 2.00 bits per heavy atom. The molecule has 0 amide bonds. The quantitative estimate of drug-likeness (QED) is 0.717. The van der Waals surface area contributed by atoms with Gasteiger partial charge >= 0.3 is 0 Å². The van der Waals surface area contributed by atoms with E-state index in [-0.39, 0.29) is 6.10 Å². The van der Waals surface area contributed by atoms with Crippen LogP contribution in [-0.2, 0) is 6.42 Å². The number of aromatic hydroxyl groups is 1. The first-order chi connectivity index (χ1) is 5.70. The van der Waals surface area contributed by atoms with E-state index in [9.17, 15) is 5.11 Å². The van der Waals surface area contributed by atoms with E-state index >= 15 is 0 Å². The maximum absolute atomic E-state index is 9.34. The Morgan fingerprint density at radius 1 is 1.33 bits per heavy atom. The standard InChI is InChI=1S/C10H14O2/c1-8(11)6-7-9-4-2-3-5-10(9)12/h2-5,8,11-12H,6-7H2,1H3. The number of aliphatic hydroxyl groups excluding tert-OH is 1. The minimum Gasteiger partial charge on any atom is -0.508 e. The molecule has 0 radical (unpaired) electrons. The van der Waals surface area contributed by atoms with Crippen LogP contribution < -0.4 is 0 Å². The summed E-state index contributed by atoms with van der Waals surface area (Å²) in [6, 6.07) is 7.22. The zero-order valence-electron chi connectivity index (χ0n) is 7.20. The van der Waals surface area contributed by atoms with Crippen LogP contribution >= 0.6 is 0 Å². The number of hydrogen-bond acceptors (Lipinski definition) is 2. The van der Waals surface area contributed by atoms with Crippen LogP contribution in [0.1, 0.15) is 18.9 Å². The molecule has 2 N–H and O–H groups in total. The van der Waals surface area contributed by atoms with Gasteiger partial charge in [-0.15, -0.1) is 0 Å². The van der Waals surface area contributed by atoms with Crippen molar-refractivity contribution < 1.29 is 10.2 Å². The van der Waals surface area contributed by atoms with Gasteiger partial charge < -0.3 is 10.2 Å². The fourth-order valence-electron chi connectivity index (χ4n) is 1.09. The van der Waals surface area contributed by atoms with E-state index < -0.39 is 0 Å². The molecule has 0 heterocycles. The number of para-hydroxylation sites is 1. The lowest BCUT2D eigenvalue weighted by Gasteiger charge is -2.05. The average Bonchev–Trinajstić information content (AvgIpc) is 2.03. The van der Waals surface area contributed by atoms with Gasteiger partial charge in [-0.3, -0.25) is 0 Å². The number of phenolic OH excluding ortho intramolecular Hbond substituents is 1. The van der Waals surface area contributed by atoms with Crippen LogP contribution in [0.5, 0.6) is 5.75 Å². The first kappa shape index (κ1) is 9.07. The number of aryl methyl sites for hydroxylation is 1. The third kappa shape index (κ3) is 2.55. The van der Waals surface area contributed by atoms with Crippen LogP contribution in [0.15, 0.2) is 24.3 Å². The summed E-state index contributed by atoms with van der Waals surface area (Å²) in [7, 11) is 0. The Morgan fingerprint density at radius 3 is 2.58 bits per heavy atom. The zero-order valence-corrected chi connectivity index (χ0v) is 7.20. The Balaban J connectivity index is 2.57. The van der Waals surface area contributed by atoms with Gasteiger partial charge in [0.1, 0.15) is 5.75 Å². The van der Waals surface area contributed by atoms with Crippen molar-refractivity contribution in [3.05, 3.63) is 29.8 Å². The van der Waals surface area contributed by atoms with Crippen molar-refractivity contribution in [1.29, 1.82) is 0 Å². The Hall–Kier alpha value is -1.02. The molecule has 1 rings (SSSR count). The van der Waals surface area contributed by atoms with E-state index in [0.29, 0.717) is 12.2 Å². The van der Waals surface area contributed by atoms with E-state index in [4.69, 9.17) is 5.11 Å². The maximum Gasteiger partial charge on any atom is 0.118 e. The van der Waals surface area contributed by atoms with Crippen LogP contribution in [0.25, 0.3) is 0 Å². The van der Waals surface area contributed by atoms with Crippen molar-refractivity contribution in [2.24, 2.45) is 0 Å². The van der Waals surface area contributed by atoms with Gasteiger partial charge in [0.15, 0.2) is 0 Å². The summed E-state index contributed by atoms with van der Waals surface area (Å²) < 4.78 is 0. The molecule has 12 heavy (non-hydrogen) atoms. The molecule has 1 aromatic rings. The minimum atomic E-state index is -0.301. The van der Waals surface area contributed by atoms with Crippen LogP contribution in [0, 0.1) is 0 Å². The van der Waals surface area contributed by atoms with Gasteiger partial charge in [0.25, 0.3) is 0 Å². The van der Waals surface area contributed by atoms with Gasteiger partial charge in [-0.05, 0) is 31.4 Å². The van der Waals surface area contributed by atoms with Crippen LogP contribution in [-0.4, -0.2) is 16.3 Å². The summed E-state index contributed by atoms with van der Waals surface area (Å²) in [6.45, 7) is 1.75. The van der Waals surface area contributed by atoms with Gasteiger partial charge in [-0.25, -0.2) is 0 Å². The predicted molar refractivity (Wildman–Crippen MR) is 48.1 cm³/mol. The molecule has 0 saturated heterocycles. The summed E-state index contributed by atoms with van der Waals surface area (Å²) in [6.07, 6.45) is 1.12. The second kappa shape index (κ2) is 4.12. The summed E-state index contributed by atoms with van der Waals surface area (Å²) in [4.78, 5) is 0. The first-order valence-corrected chi connectivity index (χ1v) is 4.15. The maximum atomic E-state index is 9.34. The Kier molecular flexibility index (Phi) is 3.11. The second-order valence-corrected chi connectivity index (χ2v) is 3.02. The normalized spacial score (nSPS) is 12.8. The van der Waals surface area contributed by atoms with Crippen molar-refractivity contribution >= 4 is 0 Å². The highest BCUT2D eigenvalue weighted by atomic mass is 16.3. The molecule has 1 atom stereocenters. The third-order valence-corrected chi connectivity index (χ3v) is 1.82. The molecule has 0 fully saturated rings. The molecular weight excluding hydrogens is 152 g/mol. The average molecular weight is 166 g/mol. The van der Waals surface area contributed by atoms with Crippen LogP contribution in [0.2, 0.25) is 0 Å². The molecule has 0 aliphatic heterocycles. The Bertz CT molecular complexity index is 243. The molecule has 0 saturated carbocycles. The van der Waals surface area contributed by atoms with Crippen molar-refractivity contribution in [3.63, 3.8) is 0 Å². The molecule has 0 bridgehead atoms.